The Bertz CT molecular complexity index is 50.5. The summed E-state index contributed by atoms with van der Waals surface area (Å²) in [5, 5.41) is 6.76. The maximum Gasteiger partial charge on any atom is 2.00 e. The van der Waals surface area contributed by atoms with Crippen molar-refractivity contribution < 1.29 is 35.8 Å². The zero-order valence-corrected chi connectivity index (χ0v) is 6.68. The first-order chi connectivity index (χ1) is 3.33. The number of hydrogen-bond acceptors (Lipinski definition) is 3. The molecule has 0 unspecified atom stereocenters. The minimum atomic E-state index is 0. The Labute approximate surface area is 60.5 Å². The van der Waals surface area contributed by atoms with E-state index in [4.69, 9.17) is 14.7 Å². The van der Waals surface area contributed by atoms with Crippen molar-refractivity contribution in [2.75, 3.05) is 0 Å². The van der Waals surface area contributed by atoms with E-state index < -0.39 is 0 Å². The fraction of sp³-hybridized carbons (Fsp3) is 0. The molecule has 5 nitrogen and oxygen atoms in total. The van der Waals surface area contributed by atoms with Crippen LogP contribution >= 0.6 is 0 Å². The Balaban J connectivity index is -0.0000000575. The van der Waals surface area contributed by atoms with E-state index >= 15 is 0 Å². The summed E-state index contributed by atoms with van der Waals surface area (Å²) in [5.41, 5.74) is 1.62. The Morgan fingerprint density at radius 1 is 1.50 bits per heavy atom. The first kappa shape index (κ1) is 15.6. The van der Waals surface area contributed by atoms with E-state index in [-0.39, 0.29) is 21.1 Å². The largest absolute Gasteiger partial charge is 2.00 e. The molecule has 0 atom stereocenters. The van der Waals surface area contributed by atoms with E-state index in [9.17, 15) is 0 Å². The van der Waals surface area contributed by atoms with Crippen LogP contribution in [0, 0.1) is 0 Å². The molecule has 0 radical (unpaired) electrons. The van der Waals surface area contributed by atoms with Crippen LogP contribution in [0.3, 0.4) is 0 Å². The van der Waals surface area contributed by atoms with Gasteiger partial charge in [-0.2, -0.15) is 6.41 Å². The Morgan fingerprint density at radius 2 is 1.62 bits per heavy atom. The smallest absolute Gasteiger partial charge is 0.665 e. The monoisotopic (exact) mass is 288 g/mol. The van der Waals surface area contributed by atoms with Gasteiger partial charge in [0.1, 0.15) is 0 Å². The van der Waals surface area contributed by atoms with Gasteiger partial charge < -0.3 is 20.1 Å². The van der Waals surface area contributed by atoms with Crippen LogP contribution in [0.25, 0.3) is 0 Å². The van der Waals surface area contributed by atoms with Crippen molar-refractivity contribution in [1.82, 2.24) is 5.43 Å². The van der Waals surface area contributed by atoms with Crippen LogP contribution in [-0.4, -0.2) is 18.0 Å². The predicted molar refractivity (Wildman–Crippen MR) is 21.3 cm³/mol. The van der Waals surface area contributed by atoms with Gasteiger partial charge in [-0.25, -0.2) is 0 Å². The molecule has 0 saturated carbocycles. The van der Waals surface area contributed by atoms with E-state index in [0.29, 0.717) is 6.47 Å². The molecule has 0 aliphatic carbocycles. The number of hydrazine groups is 1. The SMILES string of the molecule is NN[C-]=O.O=[C-]O.[W+2]. The molecule has 0 fully saturated rings. The summed E-state index contributed by atoms with van der Waals surface area (Å²) in [6.45, 7) is 0.500. The van der Waals surface area contributed by atoms with Crippen molar-refractivity contribution in [2.24, 2.45) is 5.84 Å². The number of carbonyl (C=O) groups excluding carboxylic acids is 1. The third-order valence-corrected chi connectivity index (χ3v) is 0.0589. The van der Waals surface area contributed by atoms with Crippen molar-refractivity contribution in [3.8, 4) is 0 Å². The van der Waals surface area contributed by atoms with Crippen molar-refractivity contribution in [3.05, 3.63) is 0 Å². The van der Waals surface area contributed by atoms with E-state index in [2.05, 4.69) is 5.84 Å². The van der Waals surface area contributed by atoms with Crippen LogP contribution < -0.4 is 11.3 Å². The normalized spacial score (nSPS) is 4.12. The summed E-state index contributed by atoms with van der Waals surface area (Å²) in [4.78, 5) is 17.0. The standard InChI is InChI=1S/CH3N2O.CHO2.W/c2-3-1-4;2-1-3;/h2H2,(H,3,4);(H,2,3);/q2*-1;+2. The number of nitrogens with one attached hydrogen (secondary N) is 1. The van der Waals surface area contributed by atoms with Gasteiger partial charge in [-0.3, -0.25) is 5.84 Å². The van der Waals surface area contributed by atoms with Gasteiger partial charge in [-0.05, 0) is 0 Å². The topological polar surface area (TPSA) is 92.4 Å². The minimum Gasteiger partial charge on any atom is -0.665 e. The molecule has 0 aromatic rings. The maximum atomic E-state index is 8.81. The molecule has 0 aliphatic rings. The summed E-state index contributed by atoms with van der Waals surface area (Å²) in [7, 11) is 0. The van der Waals surface area contributed by atoms with Crippen molar-refractivity contribution in [3.63, 3.8) is 0 Å². The first-order valence-electron chi connectivity index (χ1n) is 1.17. The summed E-state index contributed by atoms with van der Waals surface area (Å²) in [5.74, 6) is 4.35. The number of nitrogens with two attached hydrogens (primary N) is 1. The molecule has 0 rings (SSSR count). The fourth-order valence-electron chi connectivity index (χ4n) is 0. The van der Waals surface area contributed by atoms with E-state index in [0.717, 1.165) is 0 Å². The molecule has 0 heterocycles. The van der Waals surface area contributed by atoms with E-state index in [1.165, 1.54) is 6.41 Å². The molecule has 0 aromatic heterocycles. The quantitative estimate of drug-likeness (QED) is 0.173. The Hall–Kier alpha value is -0.412. The minimum absolute atomic E-state index is 0. The number of hydrogen-bond donors (Lipinski definition) is 3. The molecule has 0 bridgehead atoms. The summed E-state index contributed by atoms with van der Waals surface area (Å²) >= 11 is 0. The summed E-state index contributed by atoms with van der Waals surface area (Å²) in [6.07, 6.45) is 1.21. The van der Waals surface area contributed by atoms with Crippen molar-refractivity contribution >= 4 is 12.9 Å². The van der Waals surface area contributed by atoms with Gasteiger partial charge in [0.15, 0.2) is 0 Å². The van der Waals surface area contributed by atoms with Gasteiger partial charge >= 0.3 is 21.1 Å². The number of amides is 1. The summed E-state index contributed by atoms with van der Waals surface area (Å²) < 4.78 is 0. The molecular weight excluding hydrogens is 284 g/mol. The van der Waals surface area contributed by atoms with E-state index in [1.54, 1.807) is 5.43 Å². The van der Waals surface area contributed by atoms with Gasteiger partial charge in [0.25, 0.3) is 0 Å². The molecule has 6 heteroatoms. The number of aliphatic hydroxyl groups excluding tert-OH is 1. The van der Waals surface area contributed by atoms with Crippen LogP contribution in [-0.2, 0) is 30.7 Å². The van der Waals surface area contributed by atoms with Crippen LogP contribution in [0.4, 0.5) is 0 Å². The predicted octanol–water partition coefficient (Wildman–Crippen LogP) is -1.87. The zero-order valence-electron chi connectivity index (χ0n) is 3.75. The van der Waals surface area contributed by atoms with Crippen LogP contribution in [0.15, 0.2) is 0 Å². The molecule has 0 aromatic carbocycles. The second kappa shape index (κ2) is 30.7. The van der Waals surface area contributed by atoms with Crippen LogP contribution in [0.2, 0.25) is 0 Å². The van der Waals surface area contributed by atoms with Crippen molar-refractivity contribution in [2.45, 2.75) is 0 Å². The van der Waals surface area contributed by atoms with E-state index in [1.807, 2.05) is 0 Å². The molecule has 0 saturated heterocycles. The molecule has 46 valence electrons. The van der Waals surface area contributed by atoms with Gasteiger partial charge in [0.2, 0.25) is 0 Å². The van der Waals surface area contributed by atoms with Gasteiger partial charge in [-0.15, -0.1) is 0 Å². The maximum absolute atomic E-state index is 8.81. The molecular formula is C2H4N2O3W. The first-order valence-corrected chi connectivity index (χ1v) is 1.17. The second-order valence-electron chi connectivity index (χ2n) is 0.338. The fourth-order valence-corrected chi connectivity index (χ4v) is 0. The average molecular weight is 288 g/mol. The average Bonchev–Trinajstić information content (AvgIpc) is 1.69. The third kappa shape index (κ3) is 340. The Morgan fingerprint density at radius 3 is 1.62 bits per heavy atom. The second-order valence-corrected chi connectivity index (χ2v) is 0.338. The molecule has 0 aliphatic heterocycles. The van der Waals surface area contributed by atoms with Gasteiger partial charge in [0.05, 0.1) is 0 Å². The zero-order chi connectivity index (χ0) is 6.12. The Kier molecular flexibility index (Phi) is 60.1. The van der Waals surface area contributed by atoms with Crippen molar-refractivity contribution in [1.29, 1.82) is 0 Å². The summed E-state index contributed by atoms with van der Waals surface area (Å²) in [6, 6.07) is 0. The van der Waals surface area contributed by atoms with Crippen LogP contribution in [0.5, 0.6) is 0 Å². The van der Waals surface area contributed by atoms with Crippen LogP contribution in [0.1, 0.15) is 0 Å². The van der Waals surface area contributed by atoms with Gasteiger partial charge in [0, 0.05) is 0 Å². The van der Waals surface area contributed by atoms with Gasteiger partial charge in [-0.1, -0.05) is 6.47 Å². The molecule has 4 N–H and O–H groups in total. The molecule has 8 heavy (non-hydrogen) atoms. The third-order valence-electron chi connectivity index (χ3n) is 0.0589. The number of rotatable bonds is 1. The molecule has 1 amide bonds. The molecule has 0 spiro atoms.